The number of fused-ring (bicyclic) bond motifs is 1. The van der Waals surface area contributed by atoms with Crippen LogP contribution in [0.4, 0.5) is 13.2 Å². The lowest BCUT2D eigenvalue weighted by Gasteiger charge is -2.12. The highest BCUT2D eigenvalue weighted by Crippen LogP contribution is 2.35. The summed E-state index contributed by atoms with van der Waals surface area (Å²) in [4.78, 5) is 2.47. The molecule has 2 N–H and O–H groups in total. The van der Waals surface area contributed by atoms with E-state index in [9.17, 15) is 13.2 Å². The van der Waals surface area contributed by atoms with E-state index < -0.39 is 11.7 Å². The van der Waals surface area contributed by atoms with Crippen LogP contribution in [0.2, 0.25) is 0 Å². The van der Waals surface area contributed by atoms with Gasteiger partial charge in [0.2, 0.25) is 0 Å². The zero-order chi connectivity index (χ0) is 15.0. The Morgan fingerprint density at radius 2 is 2.00 bits per heavy atom. The lowest BCUT2D eigenvalue weighted by molar-refractivity contribution is -0.137. The fourth-order valence-electron chi connectivity index (χ4n) is 2.76. The van der Waals surface area contributed by atoms with Gasteiger partial charge in [-0.2, -0.15) is 13.2 Å². The Labute approximate surface area is 125 Å². The maximum atomic E-state index is 12.7. The average molecular weight is 311 g/mol. The Bertz CT molecular complexity index is 624. The van der Waals surface area contributed by atoms with Crippen molar-refractivity contribution in [3.63, 3.8) is 0 Å². The minimum Gasteiger partial charge on any atom is -0.323 e. The van der Waals surface area contributed by atoms with Crippen LogP contribution in [0.1, 0.15) is 38.9 Å². The van der Waals surface area contributed by atoms with Crippen molar-refractivity contribution in [2.45, 2.75) is 37.9 Å². The molecule has 21 heavy (non-hydrogen) atoms. The number of aryl methyl sites for hydroxylation is 2. The predicted octanol–water partition coefficient (Wildman–Crippen LogP) is 4.50. The number of nitrogens with two attached hydrogens (primary N) is 1. The number of hydrogen-bond donors (Lipinski definition) is 1. The summed E-state index contributed by atoms with van der Waals surface area (Å²) < 4.78 is 38.1. The van der Waals surface area contributed by atoms with Gasteiger partial charge in [0.15, 0.2) is 0 Å². The van der Waals surface area contributed by atoms with Gasteiger partial charge in [0, 0.05) is 15.8 Å². The molecule has 1 heterocycles. The number of alkyl halides is 3. The number of benzene rings is 1. The molecule has 1 aromatic heterocycles. The highest BCUT2D eigenvalue weighted by molar-refractivity contribution is 7.12. The first-order valence-electron chi connectivity index (χ1n) is 6.96. The normalized spacial score (nSPS) is 16.0. The van der Waals surface area contributed by atoms with E-state index >= 15 is 0 Å². The van der Waals surface area contributed by atoms with Gasteiger partial charge in [-0.3, -0.25) is 0 Å². The van der Waals surface area contributed by atoms with Crippen molar-refractivity contribution in [3.8, 4) is 0 Å². The van der Waals surface area contributed by atoms with Gasteiger partial charge in [-0.05, 0) is 48.9 Å². The molecule has 0 aliphatic heterocycles. The minimum absolute atomic E-state index is 0.232. The van der Waals surface area contributed by atoms with Gasteiger partial charge >= 0.3 is 6.18 Å². The third-order valence-corrected chi connectivity index (χ3v) is 5.21. The smallest absolute Gasteiger partial charge is 0.323 e. The topological polar surface area (TPSA) is 26.0 Å². The second-order valence-electron chi connectivity index (χ2n) is 5.46. The molecule has 5 heteroatoms. The van der Waals surface area contributed by atoms with Crippen LogP contribution in [0.5, 0.6) is 0 Å². The molecule has 0 fully saturated rings. The van der Waals surface area contributed by atoms with Crippen molar-refractivity contribution in [3.05, 3.63) is 56.8 Å². The third kappa shape index (κ3) is 3.14. The maximum absolute atomic E-state index is 12.7. The van der Waals surface area contributed by atoms with Crippen LogP contribution >= 0.6 is 11.3 Å². The zero-order valence-corrected chi connectivity index (χ0v) is 12.2. The Morgan fingerprint density at radius 1 is 1.19 bits per heavy atom. The van der Waals surface area contributed by atoms with Gasteiger partial charge in [-0.15, -0.1) is 11.3 Å². The molecular weight excluding hydrogens is 295 g/mol. The van der Waals surface area contributed by atoms with E-state index in [1.165, 1.54) is 29.0 Å². The Hall–Kier alpha value is -1.33. The van der Waals surface area contributed by atoms with Crippen LogP contribution in [0.25, 0.3) is 0 Å². The fourth-order valence-corrected chi connectivity index (χ4v) is 4.02. The second-order valence-corrected chi connectivity index (χ2v) is 6.63. The van der Waals surface area contributed by atoms with Crippen LogP contribution < -0.4 is 5.73 Å². The van der Waals surface area contributed by atoms with E-state index in [1.54, 1.807) is 17.4 Å². The van der Waals surface area contributed by atoms with Crippen molar-refractivity contribution in [2.75, 3.05) is 0 Å². The molecule has 1 aliphatic carbocycles. The molecule has 1 aromatic carbocycles. The summed E-state index contributed by atoms with van der Waals surface area (Å²) in [6.45, 7) is 0. The summed E-state index contributed by atoms with van der Waals surface area (Å²) in [7, 11) is 0. The lowest BCUT2D eigenvalue weighted by atomic mass is 10.0. The van der Waals surface area contributed by atoms with Gasteiger partial charge in [-0.25, -0.2) is 0 Å². The zero-order valence-electron chi connectivity index (χ0n) is 11.4. The van der Waals surface area contributed by atoms with Crippen LogP contribution in [-0.2, 0) is 25.4 Å². The highest BCUT2D eigenvalue weighted by Gasteiger charge is 2.30. The standard InChI is InChI=1S/C16H16F3NS/c17-16(18,19)12-5-1-3-10(7-12)8-13(20)15-9-11-4-2-6-14(11)21-15/h1,3,5,7,9,13H,2,4,6,8,20H2. The molecule has 0 radical (unpaired) electrons. The Balaban J connectivity index is 1.76. The van der Waals surface area contributed by atoms with Crippen LogP contribution in [0.15, 0.2) is 30.3 Å². The first-order chi connectivity index (χ1) is 9.93. The monoisotopic (exact) mass is 311 g/mol. The molecule has 0 bridgehead atoms. The molecule has 0 saturated heterocycles. The van der Waals surface area contributed by atoms with E-state index in [-0.39, 0.29) is 6.04 Å². The number of halogens is 3. The minimum atomic E-state index is -4.30. The number of thiophene rings is 1. The first kappa shape index (κ1) is 14.6. The van der Waals surface area contributed by atoms with Gasteiger partial charge in [-0.1, -0.05) is 18.2 Å². The molecular formula is C16H16F3NS. The summed E-state index contributed by atoms with van der Waals surface area (Å²) in [5, 5.41) is 0. The van der Waals surface area contributed by atoms with Crippen LogP contribution in [0, 0.1) is 0 Å². The predicted molar refractivity (Wildman–Crippen MR) is 78.4 cm³/mol. The average Bonchev–Trinajstić information content (AvgIpc) is 2.98. The van der Waals surface area contributed by atoms with Crippen LogP contribution in [0.3, 0.4) is 0 Å². The molecule has 2 aromatic rings. The first-order valence-corrected chi connectivity index (χ1v) is 7.78. The van der Waals surface area contributed by atoms with Crippen LogP contribution in [-0.4, -0.2) is 0 Å². The largest absolute Gasteiger partial charge is 0.416 e. The third-order valence-electron chi connectivity index (χ3n) is 3.84. The maximum Gasteiger partial charge on any atom is 0.416 e. The fraction of sp³-hybridized carbons (Fsp3) is 0.375. The molecule has 0 spiro atoms. The lowest BCUT2D eigenvalue weighted by Crippen LogP contribution is -2.13. The summed E-state index contributed by atoms with van der Waals surface area (Å²) >= 11 is 1.71. The van der Waals surface area contributed by atoms with Crippen molar-refractivity contribution in [1.82, 2.24) is 0 Å². The summed E-state index contributed by atoms with van der Waals surface area (Å²) in [6, 6.07) is 7.33. The van der Waals surface area contributed by atoms with Gasteiger partial charge in [0.1, 0.15) is 0 Å². The SMILES string of the molecule is NC(Cc1cccc(C(F)(F)F)c1)c1cc2c(s1)CCC2. The van der Waals surface area contributed by atoms with E-state index in [4.69, 9.17) is 5.73 Å². The van der Waals surface area contributed by atoms with Crippen molar-refractivity contribution >= 4 is 11.3 Å². The molecule has 1 nitrogen and oxygen atoms in total. The molecule has 3 rings (SSSR count). The Kier molecular flexibility index (Phi) is 3.80. The summed E-state index contributed by atoms with van der Waals surface area (Å²) in [5.41, 5.74) is 7.57. The second kappa shape index (κ2) is 5.46. The van der Waals surface area contributed by atoms with E-state index in [2.05, 4.69) is 6.07 Å². The van der Waals surface area contributed by atoms with Gasteiger partial charge < -0.3 is 5.73 Å². The number of rotatable bonds is 3. The highest BCUT2D eigenvalue weighted by atomic mass is 32.1. The molecule has 1 atom stereocenters. The van der Waals surface area contributed by atoms with E-state index in [1.807, 2.05) is 0 Å². The molecule has 0 saturated carbocycles. The Morgan fingerprint density at radius 3 is 2.71 bits per heavy atom. The summed E-state index contributed by atoms with van der Waals surface area (Å²) in [5.74, 6) is 0. The van der Waals surface area contributed by atoms with Gasteiger partial charge in [0.05, 0.1) is 5.56 Å². The van der Waals surface area contributed by atoms with Crippen molar-refractivity contribution in [1.29, 1.82) is 0 Å². The molecule has 0 amide bonds. The quantitative estimate of drug-likeness (QED) is 0.887. The molecule has 112 valence electrons. The number of hydrogen-bond acceptors (Lipinski definition) is 2. The van der Waals surface area contributed by atoms with Crippen molar-refractivity contribution < 1.29 is 13.2 Å². The van der Waals surface area contributed by atoms with Gasteiger partial charge in [0.25, 0.3) is 0 Å². The summed E-state index contributed by atoms with van der Waals surface area (Å²) in [6.07, 6.45) is -0.462. The molecule has 1 unspecified atom stereocenters. The van der Waals surface area contributed by atoms with E-state index in [0.29, 0.717) is 12.0 Å². The van der Waals surface area contributed by atoms with Crippen molar-refractivity contribution in [2.24, 2.45) is 5.73 Å². The molecule has 1 aliphatic rings. The van der Waals surface area contributed by atoms with E-state index in [0.717, 1.165) is 23.8 Å².